The zero-order valence-electron chi connectivity index (χ0n) is 10.2. The van der Waals surface area contributed by atoms with Crippen LogP contribution in [0.3, 0.4) is 0 Å². The molecule has 0 spiro atoms. The van der Waals surface area contributed by atoms with Crippen molar-refractivity contribution < 1.29 is 0 Å². The number of aromatic nitrogens is 2. The third kappa shape index (κ3) is 1.99. The van der Waals surface area contributed by atoms with Crippen LogP contribution in [0.2, 0.25) is 0 Å². The fourth-order valence-corrected chi connectivity index (χ4v) is 3.10. The highest BCUT2D eigenvalue weighted by molar-refractivity contribution is 7.15. The predicted molar refractivity (Wildman–Crippen MR) is 77.0 cm³/mol. The normalized spacial score (nSPS) is 11.2. The molecule has 2 aromatic heterocycles. The van der Waals surface area contributed by atoms with Crippen molar-refractivity contribution in [3.05, 3.63) is 46.6 Å². The molecule has 0 atom stereocenters. The van der Waals surface area contributed by atoms with Gasteiger partial charge in [-0.1, -0.05) is 18.2 Å². The number of fused-ring (bicyclic) bond motifs is 1. The second kappa shape index (κ2) is 4.46. The van der Waals surface area contributed by atoms with Gasteiger partial charge in [0.2, 0.25) is 0 Å². The maximum absolute atomic E-state index is 5.72. The Morgan fingerprint density at radius 1 is 1.28 bits per heavy atom. The van der Waals surface area contributed by atoms with Crippen LogP contribution in [0.4, 0.5) is 5.13 Å². The van der Waals surface area contributed by atoms with Crippen molar-refractivity contribution in [2.75, 3.05) is 5.73 Å². The van der Waals surface area contributed by atoms with Crippen LogP contribution < -0.4 is 5.73 Å². The number of rotatable bonds is 3. The molecule has 3 nitrogen and oxygen atoms in total. The minimum atomic E-state index is 0.668. The molecule has 92 valence electrons. The summed E-state index contributed by atoms with van der Waals surface area (Å²) in [5, 5.41) is 1.98. The van der Waals surface area contributed by atoms with Crippen molar-refractivity contribution in [1.82, 2.24) is 9.97 Å². The molecule has 0 aliphatic heterocycles. The molecule has 1 aromatic carbocycles. The van der Waals surface area contributed by atoms with E-state index in [4.69, 9.17) is 5.73 Å². The number of hydrogen-bond acceptors (Lipinski definition) is 3. The highest BCUT2D eigenvalue weighted by Gasteiger charge is 2.07. The highest BCUT2D eigenvalue weighted by atomic mass is 32.1. The van der Waals surface area contributed by atoms with Crippen LogP contribution in [-0.4, -0.2) is 9.97 Å². The molecule has 0 saturated carbocycles. The Kier molecular flexibility index (Phi) is 2.80. The molecular weight excluding hydrogens is 242 g/mol. The molecule has 0 aliphatic carbocycles. The van der Waals surface area contributed by atoms with Crippen molar-refractivity contribution in [3.63, 3.8) is 0 Å². The number of hydrogen-bond donors (Lipinski definition) is 2. The van der Waals surface area contributed by atoms with Gasteiger partial charge in [-0.25, -0.2) is 4.98 Å². The number of benzene rings is 1. The van der Waals surface area contributed by atoms with Crippen LogP contribution in [0.25, 0.3) is 10.9 Å². The molecule has 0 saturated heterocycles. The van der Waals surface area contributed by atoms with Crippen molar-refractivity contribution in [2.45, 2.75) is 19.8 Å². The average molecular weight is 257 g/mol. The lowest BCUT2D eigenvalue weighted by atomic mass is 10.1. The van der Waals surface area contributed by atoms with E-state index in [1.165, 1.54) is 21.3 Å². The third-order valence-corrected chi connectivity index (χ3v) is 4.25. The molecule has 4 heteroatoms. The van der Waals surface area contributed by atoms with E-state index in [9.17, 15) is 0 Å². The molecular formula is C14H15N3S. The first kappa shape index (κ1) is 11.3. The summed E-state index contributed by atoms with van der Waals surface area (Å²) in [6.45, 7) is 2.03. The molecule has 3 rings (SSSR count). The van der Waals surface area contributed by atoms with Crippen LogP contribution in [0.15, 0.2) is 30.5 Å². The molecule has 0 fully saturated rings. The fourth-order valence-electron chi connectivity index (χ4n) is 2.27. The van der Waals surface area contributed by atoms with Gasteiger partial charge in [0.05, 0.1) is 5.69 Å². The predicted octanol–water partition coefficient (Wildman–Crippen LogP) is 3.30. The first-order chi connectivity index (χ1) is 8.74. The Morgan fingerprint density at radius 2 is 2.11 bits per heavy atom. The fraction of sp³-hybridized carbons (Fsp3) is 0.214. The van der Waals surface area contributed by atoms with Crippen LogP contribution in [0, 0.1) is 6.92 Å². The second-order valence-electron chi connectivity index (χ2n) is 4.42. The number of H-pyrrole nitrogens is 1. The summed E-state index contributed by atoms with van der Waals surface area (Å²) >= 11 is 1.60. The highest BCUT2D eigenvalue weighted by Crippen LogP contribution is 2.24. The quantitative estimate of drug-likeness (QED) is 0.756. The molecule has 3 aromatic rings. The Hall–Kier alpha value is -1.81. The van der Waals surface area contributed by atoms with E-state index in [0.717, 1.165) is 18.5 Å². The smallest absolute Gasteiger partial charge is 0.180 e. The van der Waals surface area contributed by atoms with E-state index in [2.05, 4.69) is 40.4 Å². The zero-order valence-corrected chi connectivity index (χ0v) is 11.1. The largest absolute Gasteiger partial charge is 0.375 e. The molecule has 0 unspecified atom stereocenters. The monoisotopic (exact) mass is 257 g/mol. The van der Waals surface area contributed by atoms with Gasteiger partial charge >= 0.3 is 0 Å². The lowest BCUT2D eigenvalue weighted by Crippen LogP contribution is -1.90. The number of aryl methyl sites for hydroxylation is 3. The van der Waals surface area contributed by atoms with E-state index < -0.39 is 0 Å². The number of thiazole rings is 1. The SMILES string of the molecule is Cc1nc(N)sc1CCc1c[nH]c2ccccc12. The molecule has 0 bridgehead atoms. The Morgan fingerprint density at radius 3 is 2.89 bits per heavy atom. The van der Waals surface area contributed by atoms with E-state index in [1.54, 1.807) is 11.3 Å². The summed E-state index contributed by atoms with van der Waals surface area (Å²) in [5.41, 5.74) is 9.35. The number of nitrogen functional groups attached to an aromatic ring is 1. The van der Waals surface area contributed by atoms with Crippen LogP contribution in [-0.2, 0) is 12.8 Å². The van der Waals surface area contributed by atoms with E-state index in [1.807, 2.05) is 6.92 Å². The summed E-state index contributed by atoms with van der Waals surface area (Å²) in [6.07, 6.45) is 4.12. The first-order valence-electron chi connectivity index (χ1n) is 6.01. The molecule has 0 radical (unpaired) electrons. The third-order valence-electron chi connectivity index (χ3n) is 3.21. The first-order valence-corrected chi connectivity index (χ1v) is 6.82. The topological polar surface area (TPSA) is 54.7 Å². The molecule has 3 N–H and O–H groups in total. The van der Waals surface area contributed by atoms with Gasteiger partial charge in [-0.15, -0.1) is 11.3 Å². The second-order valence-corrected chi connectivity index (χ2v) is 5.54. The zero-order chi connectivity index (χ0) is 12.5. The minimum Gasteiger partial charge on any atom is -0.375 e. The number of anilines is 1. The van der Waals surface area contributed by atoms with E-state index in [0.29, 0.717) is 5.13 Å². The maximum Gasteiger partial charge on any atom is 0.180 e. The van der Waals surface area contributed by atoms with Gasteiger partial charge in [-0.3, -0.25) is 0 Å². The minimum absolute atomic E-state index is 0.668. The summed E-state index contributed by atoms with van der Waals surface area (Å²) in [5.74, 6) is 0. The van der Waals surface area contributed by atoms with Crippen molar-refractivity contribution in [3.8, 4) is 0 Å². The summed E-state index contributed by atoms with van der Waals surface area (Å²) < 4.78 is 0. The van der Waals surface area contributed by atoms with Crippen molar-refractivity contribution >= 4 is 27.4 Å². The number of nitrogens with one attached hydrogen (secondary N) is 1. The van der Waals surface area contributed by atoms with Crippen LogP contribution >= 0.6 is 11.3 Å². The van der Waals surface area contributed by atoms with Gasteiger partial charge in [-0.05, 0) is 31.4 Å². The number of nitrogens with zero attached hydrogens (tertiary/aromatic N) is 1. The molecule has 0 amide bonds. The Balaban J connectivity index is 1.83. The van der Waals surface area contributed by atoms with E-state index >= 15 is 0 Å². The maximum atomic E-state index is 5.72. The Bertz CT molecular complexity index is 681. The van der Waals surface area contributed by atoms with Gasteiger partial charge in [0.25, 0.3) is 0 Å². The van der Waals surface area contributed by atoms with Crippen LogP contribution in [0.1, 0.15) is 16.1 Å². The number of para-hydroxylation sites is 1. The van der Waals surface area contributed by atoms with Gasteiger partial charge in [0.1, 0.15) is 0 Å². The molecule has 2 heterocycles. The summed E-state index contributed by atoms with van der Waals surface area (Å²) in [7, 11) is 0. The van der Waals surface area contributed by atoms with E-state index in [-0.39, 0.29) is 0 Å². The average Bonchev–Trinajstić information content (AvgIpc) is 2.90. The Labute approximate surface area is 110 Å². The number of nitrogens with two attached hydrogens (primary N) is 1. The standard InChI is InChI=1S/C14H15N3S/c1-9-13(18-14(15)17-9)7-6-10-8-16-12-5-3-2-4-11(10)12/h2-5,8,16H,6-7H2,1H3,(H2,15,17). The van der Waals surface area contributed by atoms with Gasteiger partial charge in [-0.2, -0.15) is 0 Å². The van der Waals surface area contributed by atoms with Gasteiger partial charge < -0.3 is 10.7 Å². The van der Waals surface area contributed by atoms with Gasteiger partial charge in [0, 0.05) is 22.0 Å². The summed E-state index contributed by atoms with van der Waals surface area (Å²) in [4.78, 5) is 8.86. The lowest BCUT2D eigenvalue weighted by Gasteiger charge is -1.98. The van der Waals surface area contributed by atoms with Gasteiger partial charge in [0.15, 0.2) is 5.13 Å². The van der Waals surface area contributed by atoms with Crippen molar-refractivity contribution in [2.24, 2.45) is 0 Å². The van der Waals surface area contributed by atoms with Crippen molar-refractivity contribution in [1.29, 1.82) is 0 Å². The lowest BCUT2D eigenvalue weighted by molar-refractivity contribution is 0.970. The summed E-state index contributed by atoms with van der Waals surface area (Å²) in [6, 6.07) is 8.40. The molecule has 18 heavy (non-hydrogen) atoms. The molecule has 0 aliphatic rings. The number of aromatic amines is 1. The van der Waals surface area contributed by atoms with Crippen LogP contribution in [0.5, 0.6) is 0 Å².